The Kier molecular flexibility index (Phi) is 18.6. The van der Waals surface area contributed by atoms with E-state index in [2.05, 4.69) is 62.5 Å². The van der Waals surface area contributed by atoms with Gasteiger partial charge in [0.25, 0.3) is 29.5 Å². The van der Waals surface area contributed by atoms with E-state index in [0.29, 0.717) is 23.5 Å². The fourth-order valence-corrected chi connectivity index (χ4v) is 6.19. The number of benzene rings is 1. The van der Waals surface area contributed by atoms with Crippen molar-refractivity contribution in [2.75, 3.05) is 26.6 Å². The Labute approximate surface area is 402 Å². The molecule has 0 fully saturated rings. The summed E-state index contributed by atoms with van der Waals surface area (Å²) in [6, 6.07) is 18.3. The summed E-state index contributed by atoms with van der Waals surface area (Å²) in [6.07, 6.45) is 0.311. The van der Waals surface area contributed by atoms with Gasteiger partial charge in [-0.15, -0.1) is 24.0 Å². The quantitative estimate of drug-likeness (QED) is 0.0662. The lowest BCUT2D eigenvalue weighted by molar-refractivity contribution is 0.112. The van der Waals surface area contributed by atoms with Crippen LogP contribution in [0.3, 0.4) is 0 Å². The molecule has 1 N–H and O–H groups in total. The van der Waals surface area contributed by atoms with Crippen LogP contribution in [-0.4, -0.2) is 60.8 Å². The third-order valence-electron chi connectivity index (χ3n) is 8.55. The Morgan fingerprint density at radius 3 is 1.63 bits per heavy atom. The van der Waals surface area contributed by atoms with Crippen molar-refractivity contribution in [3.8, 4) is 17.2 Å². The fraction of sp³-hybridized carbons (Fsp3) is 0.128. The number of nitrogens with one attached hydrogen (secondary N) is 1. The molecule has 0 radical (unpaired) electrons. The Morgan fingerprint density at radius 1 is 0.667 bits per heavy atom. The number of methoxy groups -OCH3 is 3. The van der Waals surface area contributed by atoms with Crippen LogP contribution in [0.1, 0.15) is 34.3 Å². The van der Waals surface area contributed by atoms with Crippen molar-refractivity contribution in [2.45, 2.75) is 12.9 Å². The van der Waals surface area contributed by atoms with Crippen LogP contribution in [-0.2, 0) is 0 Å². The number of carbonyl (C=O) groups excluding carboxylic acids is 1. The number of nitrogens with zero attached hydrogens (tertiary/aromatic N) is 7. The Hall–Kier alpha value is -4.93. The molecule has 0 saturated heterocycles. The Balaban J connectivity index is 0.000000212. The molecule has 63 heavy (non-hydrogen) atoms. The third kappa shape index (κ3) is 11.1. The molecule has 0 aliphatic carbocycles. The van der Waals surface area contributed by atoms with Gasteiger partial charge in [-0.1, -0.05) is 29.3 Å². The van der Waals surface area contributed by atoms with Gasteiger partial charge in [-0.05, 0) is 60.7 Å². The number of halogens is 9. The largest absolute Gasteiger partial charge is 0.493 e. The van der Waals surface area contributed by atoms with Crippen LogP contribution in [0, 0.1) is 0 Å². The smallest absolute Gasteiger partial charge is 0.272 e. The number of aromatic nitrogens is 7. The number of pyridine rings is 4. The van der Waals surface area contributed by atoms with E-state index < -0.39 is 45.8 Å². The first-order valence-corrected chi connectivity index (χ1v) is 24.2. The SMILES string of the molecule is COc1cccn2c(=O)c(C(F)F)c(Cl)nc12.COc1cccn2c(=O)c(C(F)F)c(Nc3ccc4ncccc4c3)nc12.COc1cccn2c(=O)c(C=O)c(Cl)nc12.I.II. The van der Waals surface area contributed by atoms with Crippen molar-refractivity contribution in [1.82, 2.24) is 33.1 Å². The number of carbonyl (C=O) groups is 1. The molecule has 0 aliphatic rings. The zero-order valence-corrected chi connectivity index (χ0v) is 40.5. The van der Waals surface area contributed by atoms with Gasteiger partial charge in [0.2, 0.25) is 0 Å². The van der Waals surface area contributed by atoms with Gasteiger partial charge < -0.3 is 19.5 Å². The maximum Gasteiger partial charge on any atom is 0.272 e. The number of anilines is 2. The Bertz CT molecular complexity index is 3110. The van der Waals surface area contributed by atoms with E-state index >= 15 is 0 Å². The number of aldehydes is 1. The van der Waals surface area contributed by atoms with Crippen molar-refractivity contribution >= 4 is 130 Å². The minimum absolute atomic E-state index is 0. The topological polar surface area (TPSA) is 173 Å². The maximum absolute atomic E-state index is 13.6. The third-order valence-corrected chi connectivity index (χ3v) is 9.12. The molecular weight excluding hydrogens is 1220 g/mol. The molecule has 8 aromatic rings. The summed E-state index contributed by atoms with van der Waals surface area (Å²) >= 11 is 15.5. The first-order chi connectivity index (χ1) is 29.8. The second kappa shape index (κ2) is 23.1. The normalized spacial score (nSPS) is 10.6. The lowest BCUT2D eigenvalue weighted by atomic mass is 10.2. The van der Waals surface area contributed by atoms with Crippen LogP contribution in [0.15, 0.2) is 106 Å². The van der Waals surface area contributed by atoms with Crippen molar-refractivity contribution < 1.29 is 36.6 Å². The number of alkyl halides is 4. The summed E-state index contributed by atoms with van der Waals surface area (Å²) in [5.74, 6) is 0.801. The average Bonchev–Trinajstić information content (AvgIpc) is 3.27. The molecule has 1 aromatic carbocycles. The van der Waals surface area contributed by atoms with Gasteiger partial charge in [-0.3, -0.25) is 37.4 Å². The maximum atomic E-state index is 13.6. The summed E-state index contributed by atoms with van der Waals surface area (Å²) in [4.78, 5) is 63.0. The number of hydrogen-bond donors (Lipinski definition) is 1. The lowest BCUT2D eigenvalue weighted by Crippen LogP contribution is -2.22. The van der Waals surface area contributed by atoms with Crippen LogP contribution in [0.2, 0.25) is 10.3 Å². The molecule has 0 unspecified atom stereocenters. The molecule has 0 spiro atoms. The lowest BCUT2D eigenvalue weighted by Gasteiger charge is -2.14. The summed E-state index contributed by atoms with van der Waals surface area (Å²) < 4.78 is 71.0. The fourth-order valence-electron chi connectivity index (χ4n) is 5.74. The predicted molar refractivity (Wildman–Crippen MR) is 258 cm³/mol. The molecule has 7 aromatic heterocycles. The van der Waals surface area contributed by atoms with Crippen LogP contribution in [0.5, 0.6) is 17.2 Å². The van der Waals surface area contributed by atoms with Gasteiger partial charge in [-0.25, -0.2) is 32.5 Å². The van der Waals surface area contributed by atoms with E-state index in [1.807, 2.05) is 6.07 Å². The summed E-state index contributed by atoms with van der Waals surface area (Å²) in [5.41, 5.74) is -2.10. The van der Waals surface area contributed by atoms with E-state index in [-0.39, 0.29) is 63.2 Å². The van der Waals surface area contributed by atoms with Gasteiger partial charge >= 0.3 is 0 Å². The van der Waals surface area contributed by atoms with E-state index in [1.165, 1.54) is 56.5 Å². The molecule has 0 atom stereocenters. The highest BCUT2D eigenvalue weighted by Gasteiger charge is 2.24. The zero-order chi connectivity index (χ0) is 45.2. The molecule has 8 rings (SSSR count). The molecule has 330 valence electrons. The highest BCUT2D eigenvalue weighted by Crippen LogP contribution is 2.29. The molecule has 0 saturated carbocycles. The summed E-state index contributed by atoms with van der Waals surface area (Å²) in [7, 11) is 4.27. The van der Waals surface area contributed by atoms with Gasteiger partial charge in [0.1, 0.15) is 32.8 Å². The molecule has 24 heteroatoms. The van der Waals surface area contributed by atoms with Crippen LogP contribution < -0.4 is 36.2 Å². The van der Waals surface area contributed by atoms with E-state index in [9.17, 15) is 36.7 Å². The molecular formula is C39H29Cl2F4I3N8O7. The predicted octanol–water partition coefficient (Wildman–Crippen LogP) is 9.78. The van der Waals surface area contributed by atoms with Crippen molar-refractivity contribution in [3.05, 3.63) is 150 Å². The van der Waals surface area contributed by atoms with Gasteiger partial charge in [0.05, 0.1) is 26.8 Å². The van der Waals surface area contributed by atoms with Gasteiger partial charge in [0.15, 0.2) is 40.5 Å². The van der Waals surface area contributed by atoms with Crippen molar-refractivity contribution in [2.24, 2.45) is 0 Å². The zero-order valence-electron chi connectivity index (χ0n) is 32.3. The van der Waals surface area contributed by atoms with Crippen molar-refractivity contribution in [1.29, 1.82) is 0 Å². The monoisotopic (exact) mass is 1250 g/mol. The molecule has 0 amide bonds. The first-order valence-electron chi connectivity index (χ1n) is 17.2. The van der Waals surface area contributed by atoms with Crippen molar-refractivity contribution in [3.63, 3.8) is 0 Å². The van der Waals surface area contributed by atoms with E-state index in [1.54, 1.807) is 54.7 Å². The van der Waals surface area contributed by atoms with E-state index in [0.717, 1.165) is 19.7 Å². The highest BCUT2D eigenvalue weighted by molar-refractivity contribution is 15.0. The van der Waals surface area contributed by atoms with Crippen LogP contribution in [0.4, 0.5) is 29.1 Å². The minimum Gasteiger partial charge on any atom is -0.493 e. The second-order valence-electron chi connectivity index (χ2n) is 12.0. The van der Waals surface area contributed by atoms with Crippen LogP contribution in [0.25, 0.3) is 27.8 Å². The second-order valence-corrected chi connectivity index (χ2v) is 12.7. The number of ether oxygens (including phenoxy) is 3. The number of fused-ring (bicyclic) bond motifs is 4. The molecule has 0 aliphatic heterocycles. The van der Waals surface area contributed by atoms with Gasteiger partial charge in [0, 0.05) is 73.1 Å². The molecule has 15 nitrogen and oxygen atoms in total. The first kappa shape index (κ1) is 50.7. The summed E-state index contributed by atoms with van der Waals surface area (Å²) in [5, 5.41) is 3.05. The van der Waals surface area contributed by atoms with E-state index in [4.69, 9.17) is 37.4 Å². The standard InChI is InChI=1S/C19H14F2N4O2.C10H7ClF2N2O2.C10H7ClN2O3.I2.HI/c1-27-14-5-3-9-25-18(14)24-17(15(16(20)21)19(25)26)23-12-6-7-13-11(10-12)4-2-8-22-13;1-17-5-3-2-4-15-9(5)14-7(11)6(8(12)13)10(15)16;1-16-7-3-2-4-13-9(7)12-8(11)6(5-14)10(13)15;1-2;/h2-10,16,23H,1H3;2-4,8H,1H3;2-5H,1H3;;1H. The average molecular weight is 1250 g/mol. The summed E-state index contributed by atoms with van der Waals surface area (Å²) in [6.45, 7) is 0. The molecule has 7 heterocycles. The minimum atomic E-state index is -2.99. The van der Waals surface area contributed by atoms with Gasteiger partial charge in [-0.2, -0.15) is 0 Å². The number of hydrogen-bond acceptors (Lipinski definition) is 12. The van der Waals surface area contributed by atoms with Crippen LogP contribution >= 0.6 is 84.4 Å². The Morgan fingerprint density at radius 2 is 1.14 bits per heavy atom. The molecule has 0 bridgehead atoms. The number of rotatable bonds is 8. The highest BCUT2D eigenvalue weighted by atomic mass is 128.